The smallest absolute Gasteiger partial charge is 0.137 e. The van der Waals surface area contributed by atoms with Crippen LogP contribution < -0.4 is 5.32 Å². The van der Waals surface area contributed by atoms with Crippen molar-refractivity contribution in [3.8, 4) is 0 Å². The second-order valence-corrected chi connectivity index (χ2v) is 6.43. The van der Waals surface area contributed by atoms with Gasteiger partial charge in [0.2, 0.25) is 0 Å². The summed E-state index contributed by atoms with van der Waals surface area (Å²) < 4.78 is 14.0. The third-order valence-electron chi connectivity index (χ3n) is 3.22. The van der Waals surface area contributed by atoms with Crippen molar-refractivity contribution in [1.82, 2.24) is 5.32 Å². The molecule has 0 spiro atoms. The Balaban J connectivity index is 2.09. The van der Waals surface area contributed by atoms with Gasteiger partial charge < -0.3 is 5.32 Å². The fourth-order valence-corrected chi connectivity index (χ4v) is 3.41. The maximum absolute atomic E-state index is 13.5. The standard InChI is InChI=1S/C16H17BrFNS/c1-11(19-2)12-5-3-7-14(9-12)20-10-13-6-4-8-15(18)16(13)17/h3-9,11,19H,10H2,1-2H3. The van der Waals surface area contributed by atoms with Crippen LogP contribution >= 0.6 is 27.7 Å². The van der Waals surface area contributed by atoms with Crippen molar-refractivity contribution in [1.29, 1.82) is 0 Å². The Bertz CT molecular complexity index is 588. The molecular weight excluding hydrogens is 337 g/mol. The molecule has 1 unspecified atom stereocenters. The number of nitrogens with one attached hydrogen (secondary N) is 1. The van der Waals surface area contributed by atoms with Crippen LogP contribution in [0.4, 0.5) is 4.39 Å². The summed E-state index contributed by atoms with van der Waals surface area (Å²) in [6.45, 7) is 2.13. The molecule has 2 aromatic carbocycles. The Morgan fingerprint density at radius 2 is 2.00 bits per heavy atom. The van der Waals surface area contributed by atoms with Gasteiger partial charge in [0.1, 0.15) is 5.82 Å². The number of benzene rings is 2. The molecule has 0 aromatic heterocycles. The molecule has 0 aliphatic carbocycles. The third-order valence-corrected chi connectivity index (χ3v) is 5.15. The van der Waals surface area contributed by atoms with E-state index in [1.807, 2.05) is 13.1 Å². The zero-order valence-corrected chi connectivity index (χ0v) is 13.9. The lowest BCUT2D eigenvalue weighted by molar-refractivity contribution is 0.619. The van der Waals surface area contributed by atoms with E-state index in [0.29, 0.717) is 10.5 Å². The predicted octanol–water partition coefficient (Wildman–Crippen LogP) is 5.16. The maximum atomic E-state index is 13.5. The maximum Gasteiger partial charge on any atom is 0.137 e. The van der Waals surface area contributed by atoms with E-state index < -0.39 is 0 Å². The highest BCUT2D eigenvalue weighted by Crippen LogP contribution is 2.29. The molecule has 0 saturated heterocycles. The Hall–Kier alpha value is -0.840. The van der Waals surface area contributed by atoms with Crippen molar-refractivity contribution in [3.63, 3.8) is 0 Å². The molecule has 1 nitrogen and oxygen atoms in total. The summed E-state index contributed by atoms with van der Waals surface area (Å²) in [4.78, 5) is 1.20. The molecule has 0 heterocycles. The first-order valence-electron chi connectivity index (χ1n) is 6.44. The summed E-state index contributed by atoms with van der Waals surface area (Å²) in [6.07, 6.45) is 0. The molecule has 20 heavy (non-hydrogen) atoms. The Labute approximate surface area is 132 Å². The molecule has 0 amide bonds. The van der Waals surface area contributed by atoms with Gasteiger partial charge in [-0.05, 0) is 59.2 Å². The summed E-state index contributed by atoms with van der Waals surface area (Å²) in [5.74, 6) is 0.538. The highest BCUT2D eigenvalue weighted by atomic mass is 79.9. The van der Waals surface area contributed by atoms with Crippen molar-refractivity contribution in [2.75, 3.05) is 7.05 Å². The monoisotopic (exact) mass is 353 g/mol. The molecule has 0 fully saturated rings. The Kier molecular flexibility index (Phi) is 5.64. The fourth-order valence-electron chi connectivity index (χ4n) is 1.86. The minimum absolute atomic E-state index is 0.208. The molecule has 106 valence electrons. The first-order valence-corrected chi connectivity index (χ1v) is 8.22. The van der Waals surface area contributed by atoms with E-state index in [0.717, 1.165) is 11.3 Å². The van der Waals surface area contributed by atoms with Crippen LogP contribution in [0.3, 0.4) is 0 Å². The van der Waals surface area contributed by atoms with E-state index in [1.165, 1.54) is 16.5 Å². The third kappa shape index (κ3) is 3.84. The quantitative estimate of drug-likeness (QED) is 0.745. The molecular formula is C16H17BrFNS. The van der Waals surface area contributed by atoms with Crippen molar-refractivity contribution >= 4 is 27.7 Å². The second-order valence-electron chi connectivity index (χ2n) is 4.58. The largest absolute Gasteiger partial charge is 0.313 e. The van der Waals surface area contributed by atoms with Crippen LogP contribution in [0.5, 0.6) is 0 Å². The topological polar surface area (TPSA) is 12.0 Å². The lowest BCUT2D eigenvalue weighted by Crippen LogP contribution is -2.11. The van der Waals surface area contributed by atoms with Gasteiger partial charge in [-0.2, -0.15) is 0 Å². The number of hydrogen-bond donors (Lipinski definition) is 1. The van der Waals surface area contributed by atoms with E-state index in [-0.39, 0.29) is 5.82 Å². The molecule has 0 saturated carbocycles. The van der Waals surface area contributed by atoms with E-state index in [2.05, 4.69) is 52.4 Å². The Morgan fingerprint density at radius 1 is 1.25 bits per heavy atom. The summed E-state index contributed by atoms with van der Waals surface area (Å²) in [6, 6.07) is 13.9. The van der Waals surface area contributed by atoms with Crippen molar-refractivity contribution in [2.45, 2.75) is 23.6 Å². The summed E-state index contributed by atoms with van der Waals surface area (Å²) in [5, 5.41) is 3.23. The summed E-state index contributed by atoms with van der Waals surface area (Å²) in [5.41, 5.74) is 2.23. The lowest BCUT2D eigenvalue weighted by atomic mass is 10.1. The van der Waals surface area contributed by atoms with Crippen LogP contribution in [-0.4, -0.2) is 7.05 Å². The van der Waals surface area contributed by atoms with Gasteiger partial charge in [-0.3, -0.25) is 0 Å². The lowest BCUT2D eigenvalue weighted by Gasteiger charge is -2.12. The minimum Gasteiger partial charge on any atom is -0.313 e. The summed E-state index contributed by atoms with van der Waals surface area (Å²) in [7, 11) is 1.95. The van der Waals surface area contributed by atoms with Gasteiger partial charge in [0.05, 0.1) is 4.47 Å². The van der Waals surface area contributed by atoms with Gasteiger partial charge >= 0.3 is 0 Å². The molecule has 4 heteroatoms. The van der Waals surface area contributed by atoms with E-state index in [9.17, 15) is 4.39 Å². The molecule has 2 aromatic rings. The number of halogens is 2. The van der Waals surface area contributed by atoms with Gasteiger partial charge in [-0.25, -0.2) is 4.39 Å². The van der Waals surface area contributed by atoms with Crippen LogP contribution in [0, 0.1) is 5.82 Å². The average molecular weight is 354 g/mol. The van der Waals surface area contributed by atoms with Crippen molar-refractivity contribution in [3.05, 3.63) is 63.9 Å². The summed E-state index contributed by atoms with van der Waals surface area (Å²) >= 11 is 5.02. The van der Waals surface area contributed by atoms with Crippen LogP contribution in [0.25, 0.3) is 0 Å². The van der Waals surface area contributed by atoms with Crippen LogP contribution in [-0.2, 0) is 5.75 Å². The SMILES string of the molecule is CNC(C)c1cccc(SCc2cccc(F)c2Br)c1. The molecule has 1 atom stereocenters. The highest BCUT2D eigenvalue weighted by Gasteiger charge is 2.07. The van der Waals surface area contributed by atoms with E-state index in [4.69, 9.17) is 0 Å². The van der Waals surface area contributed by atoms with E-state index in [1.54, 1.807) is 17.8 Å². The molecule has 0 bridgehead atoms. The number of hydrogen-bond acceptors (Lipinski definition) is 2. The Morgan fingerprint density at radius 3 is 2.75 bits per heavy atom. The van der Waals surface area contributed by atoms with E-state index >= 15 is 0 Å². The highest BCUT2D eigenvalue weighted by molar-refractivity contribution is 9.10. The second kappa shape index (κ2) is 7.25. The number of thioether (sulfide) groups is 1. The normalized spacial score (nSPS) is 12.4. The first-order chi connectivity index (χ1) is 9.61. The zero-order chi connectivity index (χ0) is 14.5. The van der Waals surface area contributed by atoms with Gasteiger partial charge in [0.15, 0.2) is 0 Å². The average Bonchev–Trinajstić information content (AvgIpc) is 2.48. The van der Waals surface area contributed by atoms with Crippen LogP contribution in [0.2, 0.25) is 0 Å². The van der Waals surface area contributed by atoms with Crippen molar-refractivity contribution in [2.24, 2.45) is 0 Å². The predicted molar refractivity (Wildman–Crippen MR) is 87.6 cm³/mol. The molecule has 1 N–H and O–H groups in total. The molecule has 0 aliphatic heterocycles. The molecule has 0 aliphatic rings. The minimum atomic E-state index is -0.208. The van der Waals surface area contributed by atoms with Crippen molar-refractivity contribution < 1.29 is 4.39 Å². The van der Waals surface area contributed by atoms with Gasteiger partial charge in [0.25, 0.3) is 0 Å². The molecule has 0 radical (unpaired) electrons. The first kappa shape index (κ1) is 15.5. The van der Waals surface area contributed by atoms with Gasteiger partial charge in [0, 0.05) is 16.7 Å². The zero-order valence-electron chi connectivity index (χ0n) is 11.5. The van der Waals surface area contributed by atoms with Gasteiger partial charge in [-0.15, -0.1) is 11.8 Å². The fraction of sp³-hybridized carbons (Fsp3) is 0.250. The van der Waals surface area contributed by atoms with Crippen LogP contribution in [0.1, 0.15) is 24.1 Å². The number of rotatable bonds is 5. The molecule has 2 rings (SSSR count). The van der Waals surface area contributed by atoms with Gasteiger partial charge in [-0.1, -0.05) is 24.3 Å². The van der Waals surface area contributed by atoms with Crippen LogP contribution in [0.15, 0.2) is 51.8 Å².